The van der Waals surface area contributed by atoms with E-state index in [0.717, 1.165) is 66.8 Å². The van der Waals surface area contributed by atoms with E-state index in [9.17, 15) is 0 Å². The molecule has 0 radical (unpaired) electrons. The van der Waals surface area contributed by atoms with E-state index in [-0.39, 0.29) is 0 Å². The summed E-state index contributed by atoms with van der Waals surface area (Å²) in [4.78, 5) is 2.40. The van der Waals surface area contributed by atoms with Crippen molar-refractivity contribution < 1.29 is 4.42 Å². The maximum atomic E-state index is 6.48. The fraction of sp³-hybridized carbons (Fsp3) is 0. The molecule has 0 fully saturated rings. The van der Waals surface area contributed by atoms with Crippen molar-refractivity contribution in [3.8, 4) is 33.4 Å². The Morgan fingerprint density at radius 1 is 0.371 bits per heavy atom. The summed E-state index contributed by atoms with van der Waals surface area (Å²) < 4.78 is 6.48. The van der Waals surface area contributed by atoms with Crippen molar-refractivity contribution in [3.63, 3.8) is 0 Å². The second-order valence-electron chi connectivity index (χ2n) is 15.7. The minimum Gasteiger partial charge on any atom is -0.455 e. The SMILES string of the molecule is C=Cc1oc2c(ccc3ccccc32)c1/C=C/c1ccccc1N(c1ccc(-c2cccc3c2ccc2ccccc23)cc1)c1ccccc1-c1ccc(-c2ccccc2)cc1. The summed E-state index contributed by atoms with van der Waals surface area (Å²) >= 11 is 0. The largest absolute Gasteiger partial charge is 0.455 e. The number of para-hydroxylation sites is 2. The molecule has 0 atom stereocenters. The van der Waals surface area contributed by atoms with E-state index >= 15 is 0 Å². The van der Waals surface area contributed by atoms with Crippen molar-refractivity contribution in [2.45, 2.75) is 0 Å². The van der Waals surface area contributed by atoms with Crippen LogP contribution in [-0.2, 0) is 0 Å². The van der Waals surface area contributed by atoms with Gasteiger partial charge in [-0.3, -0.25) is 0 Å². The molecule has 2 nitrogen and oxygen atoms in total. The van der Waals surface area contributed by atoms with E-state index in [1.165, 1.54) is 43.8 Å². The first kappa shape index (κ1) is 36.8. The maximum absolute atomic E-state index is 6.48. The number of fused-ring (bicyclic) bond motifs is 6. The van der Waals surface area contributed by atoms with E-state index in [1.807, 2.05) is 6.08 Å². The molecule has 0 aliphatic carbocycles. The van der Waals surface area contributed by atoms with Crippen LogP contribution in [0.5, 0.6) is 0 Å². The van der Waals surface area contributed by atoms with E-state index in [0.29, 0.717) is 0 Å². The summed E-state index contributed by atoms with van der Waals surface area (Å²) in [7, 11) is 0. The highest BCUT2D eigenvalue weighted by Gasteiger charge is 2.20. The molecular weight excluding hydrogens is 751 g/mol. The first-order valence-electron chi connectivity index (χ1n) is 21.1. The molecule has 0 saturated carbocycles. The monoisotopic (exact) mass is 791 g/mol. The molecule has 10 aromatic carbocycles. The minimum atomic E-state index is 0.753. The normalized spacial score (nSPS) is 11.5. The zero-order chi connectivity index (χ0) is 41.4. The highest BCUT2D eigenvalue weighted by Crippen LogP contribution is 2.44. The second-order valence-corrected chi connectivity index (χ2v) is 15.7. The van der Waals surface area contributed by atoms with Gasteiger partial charge in [-0.1, -0.05) is 201 Å². The fourth-order valence-corrected chi connectivity index (χ4v) is 9.07. The Hall–Kier alpha value is -8.20. The van der Waals surface area contributed by atoms with Gasteiger partial charge in [0.25, 0.3) is 0 Å². The van der Waals surface area contributed by atoms with Crippen LogP contribution < -0.4 is 4.90 Å². The van der Waals surface area contributed by atoms with Crippen LogP contribution in [0.4, 0.5) is 17.1 Å². The zero-order valence-electron chi connectivity index (χ0n) is 34.1. The molecule has 292 valence electrons. The third-order valence-electron chi connectivity index (χ3n) is 12.1. The molecule has 0 bridgehead atoms. The van der Waals surface area contributed by atoms with Gasteiger partial charge in [-0.15, -0.1) is 0 Å². The van der Waals surface area contributed by atoms with Gasteiger partial charge < -0.3 is 9.32 Å². The summed E-state index contributed by atoms with van der Waals surface area (Å²) in [6.45, 7) is 4.13. The van der Waals surface area contributed by atoms with Gasteiger partial charge >= 0.3 is 0 Å². The number of hydrogen-bond donors (Lipinski definition) is 0. The highest BCUT2D eigenvalue weighted by molar-refractivity contribution is 6.12. The van der Waals surface area contributed by atoms with Crippen LogP contribution in [0.25, 0.3) is 94.9 Å². The molecule has 0 N–H and O–H groups in total. The summed E-state index contributed by atoms with van der Waals surface area (Å²) in [5.74, 6) is 0.753. The van der Waals surface area contributed by atoms with Crippen LogP contribution in [-0.4, -0.2) is 0 Å². The van der Waals surface area contributed by atoms with Gasteiger partial charge in [0.2, 0.25) is 0 Å². The van der Waals surface area contributed by atoms with Crippen LogP contribution in [0.2, 0.25) is 0 Å². The van der Waals surface area contributed by atoms with Crippen LogP contribution >= 0.6 is 0 Å². The van der Waals surface area contributed by atoms with E-state index in [2.05, 4.69) is 242 Å². The Morgan fingerprint density at radius 2 is 0.935 bits per heavy atom. The molecule has 11 rings (SSSR count). The fourth-order valence-electron chi connectivity index (χ4n) is 9.07. The minimum absolute atomic E-state index is 0.753. The number of nitrogens with zero attached hydrogens (tertiary/aromatic N) is 1. The maximum Gasteiger partial charge on any atom is 0.143 e. The summed E-state index contributed by atoms with van der Waals surface area (Å²) in [5.41, 5.74) is 13.2. The van der Waals surface area contributed by atoms with Crippen molar-refractivity contribution in [1.29, 1.82) is 0 Å². The Bertz CT molecular complexity index is 3460. The summed E-state index contributed by atoms with van der Waals surface area (Å²) in [6.07, 6.45) is 6.20. The quantitative estimate of drug-likeness (QED) is 0.135. The smallest absolute Gasteiger partial charge is 0.143 e. The summed E-state index contributed by atoms with van der Waals surface area (Å²) in [6, 6.07) is 78.3. The Kier molecular flexibility index (Phi) is 9.37. The molecule has 0 spiro atoms. The average Bonchev–Trinajstić information content (AvgIpc) is 3.72. The van der Waals surface area contributed by atoms with Gasteiger partial charge in [-0.05, 0) is 103 Å². The van der Waals surface area contributed by atoms with Crippen molar-refractivity contribution in [2.24, 2.45) is 0 Å². The van der Waals surface area contributed by atoms with Crippen molar-refractivity contribution in [3.05, 3.63) is 242 Å². The number of furan rings is 1. The van der Waals surface area contributed by atoms with Crippen LogP contribution in [0.3, 0.4) is 0 Å². The molecule has 62 heavy (non-hydrogen) atoms. The van der Waals surface area contributed by atoms with Crippen LogP contribution in [0, 0.1) is 0 Å². The van der Waals surface area contributed by atoms with E-state index < -0.39 is 0 Å². The average molecular weight is 792 g/mol. The van der Waals surface area contributed by atoms with Crippen molar-refractivity contribution in [2.75, 3.05) is 4.90 Å². The predicted molar refractivity (Wildman–Crippen MR) is 265 cm³/mol. The molecule has 0 amide bonds. The lowest BCUT2D eigenvalue weighted by molar-refractivity contribution is 0.607. The first-order valence-corrected chi connectivity index (χ1v) is 21.1. The first-order chi connectivity index (χ1) is 30.7. The Labute approximate surface area is 361 Å². The lowest BCUT2D eigenvalue weighted by Gasteiger charge is -2.29. The second kappa shape index (κ2) is 15.8. The van der Waals surface area contributed by atoms with Crippen molar-refractivity contribution in [1.82, 2.24) is 0 Å². The number of benzene rings is 10. The van der Waals surface area contributed by atoms with E-state index in [4.69, 9.17) is 4.42 Å². The molecule has 1 heterocycles. The molecule has 1 aromatic heterocycles. The molecule has 0 unspecified atom stereocenters. The third-order valence-corrected chi connectivity index (χ3v) is 12.1. The van der Waals surface area contributed by atoms with Gasteiger partial charge in [-0.2, -0.15) is 0 Å². The van der Waals surface area contributed by atoms with Gasteiger partial charge in [-0.25, -0.2) is 0 Å². The molecule has 11 aromatic rings. The molecule has 2 heteroatoms. The summed E-state index contributed by atoms with van der Waals surface area (Å²) in [5, 5.41) is 8.32. The van der Waals surface area contributed by atoms with Gasteiger partial charge in [0.05, 0.1) is 11.4 Å². The molecule has 0 aliphatic heterocycles. The number of anilines is 3. The molecule has 0 saturated heterocycles. The van der Waals surface area contributed by atoms with Crippen LogP contribution in [0.1, 0.15) is 16.9 Å². The predicted octanol–water partition coefficient (Wildman–Crippen LogP) is 17.2. The topological polar surface area (TPSA) is 16.4 Å². The van der Waals surface area contributed by atoms with Crippen LogP contribution in [0.15, 0.2) is 229 Å². The lowest BCUT2D eigenvalue weighted by Crippen LogP contribution is -2.12. The zero-order valence-corrected chi connectivity index (χ0v) is 34.1. The lowest BCUT2D eigenvalue weighted by atomic mass is 9.94. The third kappa shape index (κ3) is 6.56. The highest BCUT2D eigenvalue weighted by atomic mass is 16.3. The number of rotatable bonds is 9. The number of hydrogen-bond acceptors (Lipinski definition) is 2. The van der Waals surface area contributed by atoms with Crippen molar-refractivity contribution >= 4 is 78.6 Å². The van der Waals surface area contributed by atoms with Gasteiger partial charge in [0.1, 0.15) is 11.3 Å². The molecule has 0 aliphatic rings. The van der Waals surface area contributed by atoms with Gasteiger partial charge in [0.15, 0.2) is 0 Å². The standard InChI is InChI=1S/C60H41NO/c1-2-59-55(56-40-34-44-18-7-10-22-52(44)60(56)62-59)39-35-47-19-8-12-25-57(47)61(58-26-13-11-21-51(58)46-29-27-42(28-30-46)41-15-4-3-5-16-41)48-36-31-45(32-37-48)50-23-14-24-53-49-20-9-6-17-43(49)33-38-54(50)53/h2-40H,1H2/b39-35+. The van der Waals surface area contributed by atoms with Gasteiger partial charge in [0, 0.05) is 27.6 Å². The van der Waals surface area contributed by atoms with E-state index in [1.54, 1.807) is 0 Å². The Balaban J connectivity index is 1.05. The molecular formula is C60H41NO. The Morgan fingerprint density at radius 3 is 1.73 bits per heavy atom.